The zero-order chi connectivity index (χ0) is 11.5. The number of nitrogens with one attached hydrogen (secondary N) is 1. The number of rotatable bonds is 2. The van der Waals surface area contributed by atoms with Crippen molar-refractivity contribution in [2.24, 2.45) is 0 Å². The first-order valence-electron chi connectivity index (χ1n) is 4.50. The molecule has 0 atom stereocenters. The van der Waals surface area contributed by atoms with Crippen LogP contribution in [0, 0.1) is 0 Å². The summed E-state index contributed by atoms with van der Waals surface area (Å²) in [5.74, 6) is 0.488. The number of hydrogen-bond acceptors (Lipinski definition) is 2. The summed E-state index contributed by atoms with van der Waals surface area (Å²) in [6.07, 6.45) is 0. The second kappa shape index (κ2) is 4.91. The molecule has 1 N–H and O–H groups in total. The van der Waals surface area contributed by atoms with E-state index in [0.29, 0.717) is 15.9 Å². The predicted molar refractivity (Wildman–Crippen MR) is 69.0 cm³/mol. The first-order valence-corrected chi connectivity index (χ1v) is 5.64. The van der Waals surface area contributed by atoms with Crippen LogP contribution in [-0.4, -0.2) is 4.98 Å². The summed E-state index contributed by atoms with van der Waals surface area (Å²) in [7, 11) is 0. The lowest BCUT2D eigenvalue weighted by Crippen LogP contribution is -1.94. The Morgan fingerprint density at radius 1 is 0.938 bits per heavy atom. The van der Waals surface area contributed by atoms with Gasteiger partial charge < -0.3 is 5.32 Å². The highest BCUT2D eigenvalue weighted by molar-refractivity contribution is 6.42. The van der Waals surface area contributed by atoms with E-state index in [4.69, 9.17) is 34.8 Å². The van der Waals surface area contributed by atoms with Gasteiger partial charge in [-0.1, -0.05) is 53.0 Å². The van der Waals surface area contributed by atoms with Gasteiger partial charge in [0.15, 0.2) is 5.82 Å². The lowest BCUT2D eigenvalue weighted by molar-refractivity contribution is 1.31. The molecule has 5 heteroatoms. The Morgan fingerprint density at radius 2 is 1.62 bits per heavy atom. The summed E-state index contributed by atoms with van der Waals surface area (Å²) >= 11 is 17.6. The molecule has 0 saturated heterocycles. The van der Waals surface area contributed by atoms with E-state index in [9.17, 15) is 0 Å². The number of para-hydroxylation sites is 1. The molecule has 1 aromatic heterocycles. The molecule has 0 amide bonds. The van der Waals surface area contributed by atoms with Gasteiger partial charge in [0.25, 0.3) is 0 Å². The fourth-order valence-corrected chi connectivity index (χ4v) is 1.73. The smallest absolute Gasteiger partial charge is 0.151 e. The molecule has 0 unspecified atom stereocenters. The summed E-state index contributed by atoms with van der Waals surface area (Å²) in [5, 5.41) is 4.05. The van der Waals surface area contributed by atoms with Crippen molar-refractivity contribution in [2.45, 2.75) is 0 Å². The van der Waals surface area contributed by atoms with E-state index < -0.39 is 0 Å². The molecule has 0 spiro atoms. The fourth-order valence-electron chi connectivity index (χ4n) is 1.19. The van der Waals surface area contributed by atoms with Crippen molar-refractivity contribution in [3.8, 4) is 0 Å². The SMILES string of the molecule is Clc1cc(Cl)c(Nc2ccccc2)nc1Cl. The Bertz CT molecular complexity index is 500. The van der Waals surface area contributed by atoms with E-state index >= 15 is 0 Å². The van der Waals surface area contributed by atoms with Gasteiger partial charge >= 0.3 is 0 Å². The van der Waals surface area contributed by atoms with Crippen molar-refractivity contribution in [1.82, 2.24) is 4.98 Å². The molecule has 2 aromatic rings. The van der Waals surface area contributed by atoms with Crippen molar-refractivity contribution in [2.75, 3.05) is 5.32 Å². The maximum absolute atomic E-state index is 5.98. The maximum atomic E-state index is 5.98. The molecule has 0 saturated carbocycles. The van der Waals surface area contributed by atoms with E-state index in [1.54, 1.807) is 6.07 Å². The molecule has 1 heterocycles. The van der Waals surface area contributed by atoms with Crippen LogP contribution in [0.25, 0.3) is 0 Å². The summed E-state index contributed by atoms with van der Waals surface area (Å²) in [6, 6.07) is 11.1. The fraction of sp³-hybridized carbons (Fsp3) is 0. The van der Waals surface area contributed by atoms with Crippen LogP contribution >= 0.6 is 34.8 Å². The molecule has 16 heavy (non-hydrogen) atoms. The largest absolute Gasteiger partial charge is 0.339 e. The quantitative estimate of drug-likeness (QED) is 0.796. The number of nitrogens with zero attached hydrogens (tertiary/aromatic N) is 1. The van der Waals surface area contributed by atoms with E-state index in [0.717, 1.165) is 5.69 Å². The van der Waals surface area contributed by atoms with E-state index in [1.807, 2.05) is 30.3 Å². The second-order valence-electron chi connectivity index (χ2n) is 3.08. The lowest BCUT2D eigenvalue weighted by Gasteiger charge is -2.08. The van der Waals surface area contributed by atoms with Gasteiger partial charge in [-0.15, -0.1) is 0 Å². The first kappa shape index (κ1) is 11.5. The Balaban J connectivity index is 2.32. The minimum atomic E-state index is 0.226. The van der Waals surface area contributed by atoms with Gasteiger partial charge in [0.1, 0.15) is 5.15 Å². The third-order valence-corrected chi connectivity index (χ3v) is 2.88. The second-order valence-corrected chi connectivity index (χ2v) is 4.25. The van der Waals surface area contributed by atoms with E-state index in [-0.39, 0.29) is 5.15 Å². The highest BCUT2D eigenvalue weighted by atomic mass is 35.5. The van der Waals surface area contributed by atoms with Crippen LogP contribution in [0.15, 0.2) is 36.4 Å². The molecule has 0 bridgehead atoms. The highest BCUT2D eigenvalue weighted by Gasteiger charge is 2.07. The average Bonchev–Trinajstić information content (AvgIpc) is 2.27. The Hall–Kier alpha value is -0.960. The molecule has 0 aliphatic rings. The van der Waals surface area contributed by atoms with Gasteiger partial charge in [-0.05, 0) is 18.2 Å². The van der Waals surface area contributed by atoms with Crippen LogP contribution in [0.1, 0.15) is 0 Å². The number of anilines is 2. The van der Waals surface area contributed by atoms with Crippen molar-refractivity contribution >= 4 is 46.3 Å². The number of benzene rings is 1. The third-order valence-electron chi connectivity index (χ3n) is 1.92. The summed E-state index contributed by atoms with van der Waals surface area (Å²) in [4.78, 5) is 4.06. The molecule has 0 aliphatic heterocycles. The van der Waals surface area contributed by atoms with Crippen LogP contribution in [0.2, 0.25) is 15.2 Å². The summed E-state index contributed by atoms with van der Waals surface area (Å²) < 4.78 is 0. The van der Waals surface area contributed by atoms with Crippen LogP contribution < -0.4 is 5.32 Å². The van der Waals surface area contributed by atoms with E-state index in [2.05, 4.69) is 10.3 Å². The van der Waals surface area contributed by atoms with Crippen molar-refractivity contribution in [1.29, 1.82) is 0 Å². The zero-order valence-electron chi connectivity index (χ0n) is 8.05. The van der Waals surface area contributed by atoms with Gasteiger partial charge in [0.05, 0.1) is 10.0 Å². The molecule has 0 fully saturated rings. The summed E-state index contributed by atoms with van der Waals surface area (Å²) in [6.45, 7) is 0. The van der Waals surface area contributed by atoms with Crippen LogP contribution in [0.4, 0.5) is 11.5 Å². The number of pyridine rings is 1. The minimum Gasteiger partial charge on any atom is -0.339 e. The number of aromatic nitrogens is 1. The van der Waals surface area contributed by atoms with Crippen LogP contribution in [-0.2, 0) is 0 Å². The van der Waals surface area contributed by atoms with Gasteiger partial charge in [-0.2, -0.15) is 0 Å². The number of hydrogen-bond donors (Lipinski definition) is 1. The Kier molecular flexibility index (Phi) is 3.54. The van der Waals surface area contributed by atoms with Crippen molar-refractivity contribution < 1.29 is 0 Å². The summed E-state index contributed by atoms with van der Waals surface area (Å²) in [5.41, 5.74) is 0.885. The van der Waals surface area contributed by atoms with Gasteiger partial charge in [0.2, 0.25) is 0 Å². The first-order chi connectivity index (χ1) is 7.66. The van der Waals surface area contributed by atoms with E-state index in [1.165, 1.54) is 0 Å². The topological polar surface area (TPSA) is 24.9 Å². The van der Waals surface area contributed by atoms with Crippen molar-refractivity contribution in [3.05, 3.63) is 51.6 Å². The predicted octanol–water partition coefficient (Wildman–Crippen LogP) is 4.79. The van der Waals surface area contributed by atoms with Crippen LogP contribution in [0.3, 0.4) is 0 Å². The molecule has 2 rings (SSSR count). The van der Waals surface area contributed by atoms with Gasteiger partial charge in [-0.3, -0.25) is 0 Å². The normalized spacial score (nSPS) is 10.2. The Labute approximate surface area is 108 Å². The number of halogens is 3. The maximum Gasteiger partial charge on any atom is 0.151 e. The minimum absolute atomic E-state index is 0.226. The molecular weight excluding hydrogens is 266 g/mol. The van der Waals surface area contributed by atoms with Crippen LogP contribution in [0.5, 0.6) is 0 Å². The molecule has 0 aliphatic carbocycles. The third kappa shape index (κ3) is 2.59. The van der Waals surface area contributed by atoms with Gasteiger partial charge in [0, 0.05) is 5.69 Å². The monoisotopic (exact) mass is 272 g/mol. The lowest BCUT2D eigenvalue weighted by atomic mass is 10.3. The highest BCUT2D eigenvalue weighted by Crippen LogP contribution is 2.30. The standard InChI is InChI=1S/C11H7Cl3N2/c12-8-6-9(13)11(16-10(8)14)15-7-4-2-1-3-5-7/h1-6H,(H,15,16). The van der Waals surface area contributed by atoms with Crippen molar-refractivity contribution in [3.63, 3.8) is 0 Å². The Morgan fingerprint density at radius 3 is 2.31 bits per heavy atom. The molecule has 82 valence electrons. The molecule has 1 aromatic carbocycles. The van der Waals surface area contributed by atoms with Gasteiger partial charge in [-0.25, -0.2) is 4.98 Å². The zero-order valence-corrected chi connectivity index (χ0v) is 10.3. The molecular formula is C11H7Cl3N2. The average molecular weight is 274 g/mol. The molecule has 2 nitrogen and oxygen atoms in total. The molecule has 0 radical (unpaired) electrons.